The zero-order valence-corrected chi connectivity index (χ0v) is 22.0. The van der Waals surface area contributed by atoms with E-state index in [4.69, 9.17) is 14.2 Å². The second-order valence-electron chi connectivity index (χ2n) is 9.32. The Morgan fingerprint density at radius 1 is 1.05 bits per heavy atom. The summed E-state index contributed by atoms with van der Waals surface area (Å²) in [6.07, 6.45) is -4.90. The van der Waals surface area contributed by atoms with Gasteiger partial charge in [-0.05, 0) is 61.4 Å². The van der Waals surface area contributed by atoms with Gasteiger partial charge in [0.2, 0.25) is 0 Å². The lowest BCUT2D eigenvalue weighted by Crippen LogP contribution is -2.41. The molecule has 3 aromatic rings. The highest BCUT2D eigenvalue weighted by Gasteiger charge is 2.34. The van der Waals surface area contributed by atoms with Crippen LogP contribution in [0.25, 0.3) is 0 Å². The summed E-state index contributed by atoms with van der Waals surface area (Å²) >= 11 is 0. The van der Waals surface area contributed by atoms with Crippen molar-refractivity contribution < 1.29 is 37.0 Å². The van der Waals surface area contributed by atoms with Gasteiger partial charge in [0.15, 0.2) is 0 Å². The molecule has 1 heterocycles. The number of likely N-dealkylation sites (N-methyl/N-ethyl adjacent to an activating group) is 1. The molecule has 4 rings (SSSR count). The van der Waals surface area contributed by atoms with Gasteiger partial charge in [0.1, 0.15) is 30.0 Å². The van der Waals surface area contributed by atoms with Crippen LogP contribution >= 0.6 is 0 Å². The van der Waals surface area contributed by atoms with Gasteiger partial charge in [0.25, 0.3) is 5.91 Å². The number of ether oxygens (including phenoxy) is 3. The van der Waals surface area contributed by atoms with Gasteiger partial charge in [-0.3, -0.25) is 9.59 Å². The first-order valence-corrected chi connectivity index (χ1v) is 12.4. The summed E-state index contributed by atoms with van der Waals surface area (Å²) in [5, 5.41) is 2.35. The number of alkyl halides is 3. The fourth-order valence-electron chi connectivity index (χ4n) is 4.46. The van der Waals surface area contributed by atoms with Gasteiger partial charge in [0, 0.05) is 25.1 Å². The molecule has 10 heteroatoms. The quantitative estimate of drug-likeness (QED) is 0.284. The molecule has 1 atom stereocenters. The summed E-state index contributed by atoms with van der Waals surface area (Å²) in [6.45, 7) is 5.82. The van der Waals surface area contributed by atoms with Gasteiger partial charge in [-0.15, -0.1) is 0 Å². The van der Waals surface area contributed by atoms with Crippen LogP contribution in [0.2, 0.25) is 0 Å². The smallest absolute Gasteiger partial charge is 0.418 e. The van der Waals surface area contributed by atoms with Crippen LogP contribution in [0.4, 0.5) is 24.5 Å². The van der Waals surface area contributed by atoms with Crippen molar-refractivity contribution in [1.29, 1.82) is 0 Å². The van der Waals surface area contributed by atoms with Crippen LogP contribution in [0, 0.1) is 13.8 Å². The van der Waals surface area contributed by atoms with E-state index < -0.39 is 29.3 Å². The van der Waals surface area contributed by atoms with E-state index in [1.807, 2.05) is 31.3 Å². The van der Waals surface area contributed by atoms with E-state index in [-0.39, 0.29) is 30.4 Å². The molecule has 1 amide bonds. The molecule has 0 saturated carbocycles. The number of benzene rings is 3. The standard InChI is InChI=1S/C29H29F3N2O5/c1-5-26(35)39-19-10-11-22(29(30,31)32)23(14-19)33-28(36)27-17(2)12-20(13-18(27)3)37-16-21-15-34(4)24-8-6-7-9-25(24)38-21/h6-14,21H,5,15-16H2,1-4H3,(H,33,36)/t21-/m0/s1. The van der Waals surface area contributed by atoms with Crippen molar-refractivity contribution in [1.82, 2.24) is 0 Å². The van der Waals surface area contributed by atoms with Crippen LogP contribution in [0.15, 0.2) is 54.6 Å². The fourth-order valence-corrected chi connectivity index (χ4v) is 4.46. The van der Waals surface area contributed by atoms with E-state index in [9.17, 15) is 22.8 Å². The van der Waals surface area contributed by atoms with Gasteiger partial charge in [-0.2, -0.15) is 13.2 Å². The maximum atomic E-state index is 13.6. The zero-order chi connectivity index (χ0) is 28.3. The number of carbonyl (C=O) groups is 2. The van der Waals surface area contributed by atoms with Gasteiger partial charge in [-0.1, -0.05) is 19.1 Å². The highest BCUT2D eigenvalue weighted by molar-refractivity contribution is 6.07. The zero-order valence-electron chi connectivity index (χ0n) is 22.0. The molecule has 0 aromatic heterocycles. The lowest BCUT2D eigenvalue weighted by Gasteiger charge is -2.33. The number of nitrogens with one attached hydrogen (secondary N) is 1. The normalized spacial score (nSPS) is 14.7. The summed E-state index contributed by atoms with van der Waals surface area (Å²) in [7, 11) is 1.98. The molecule has 7 nitrogen and oxygen atoms in total. The Hall–Kier alpha value is -4.21. The third kappa shape index (κ3) is 6.45. The minimum atomic E-state index is -4.73. The SMILES string of the molecule is CCC(=O)Oc1ccc(C(F)(F)F)c(NC(=O)c2c(C)cc(OC[C@@H]3CN(C)c4ccccc4O3)cc2C)c1. The van der Waals surface area contributed by atoms with Crippen LogP contribution in [0.3, 0.4) is 0 Å². The van der Waals surface area contributed by atoms with E-state index in [2.05, 4.69) is 10.2 Å². The Balaban J connectivity index is 1.50. The summed E-state index contributed by atoms with van der Waals surface area (Å²) in [4.78, 5) is 26.8. The van der Waals surface area contributed by atoms with Crippen LogP contribution in [-0.4, -0.2) is 38.2 Å². The minimum absolute atomic E-state index is 0.0480. The van der Waals surface area contributed by atoms with Crippen LogP contribution in [-0.2, 0) is 11.0 Å². The maximum Gasteiger partial charge on any atom is 0.418 e. The van der Waals surface area contributed by atoms with E-state index in [1.165, 1.54) is 0 Å². The second-order valence-corrected chi connectivity index (χ2v) is 9.32. The average Bonchev–Trinajstić information content (AvgIpc) is 2.86. The Kier molecular flexibility index (Phi) is 8.03. The second kappa shape index (κ2) is 11.3. The Bertz CT molecular complexity index is 1370. The van der Waals surface area contributed by atoms with E-state index in [1.54, 1.807) is 32.9 Å². The van der Waals surface area contributed by atoms with Gasteiger partial charge in [-0.25, -0.2) is 0 Å². The van der Waals surface area contributed by atoms with Crippen molar-refractivity contribution in [3.63, 3.8) is 0 Å². The summed E-state index contributed by atoms with van der Waals surface area (Å²) in [5.74, 6) is -0.152. The third-order valence-corrected chi connectivity index (χ3v) is 6.28. The predicted molar refractivity (Wildman–Crippen MR) is 141 cm³/mol. The summed E-state index contributed by atoms with van der Waals surface area (Å²) < 4.78 is 57.9. The van der Waals surface area contributed by atoms with Crippen LogP contribution in [0.5, 0.6) is 17.2 Å². The highest BCUT2D eigenvalue weighted by atomic mass is 19.4. The Morgan fingerprint density at radius 3 is 2.41 bits per heavy atom. The molecule has 0 radical (unpaired) electrons. The van der Waals surface area contributed by atoms with Crippen LogP contribution < -0.4 is 24.4 Å². The van der Waals surface area contributed by atoms with Crippen molar-refractivity contribution in [2.45, 2.75) is 39.5 Å². The number of rotatable bonds is 7. The monoisotopic (exact) mass is 542 g/mol. The number of amides is 1. The van der Waals surface area contributed by atoms with Crippen molar-refractivity contribution in [2.24, 2.45) is 0 Å². The molecule has 0 bridgehead atoms. The number of hydrogen-bond donors (Lipinski definition) is 1. The van der Waals surface area contributed by atoms with Crippen molar-refractivity contribution >= 4 is 23.3 Å². The molecule has 1 aliphatic heterocycles. The molecule has 1 N–H and O–H groups in total. The number of nitrogens with zero attached hydrogens (tertiary/aromatic N) is 1. The van der Waals surface area contributed by atoms with E-state index in [0.717, 1.165) is 29.6 Å². The molecule has 1 aliphatic rings. The fraction of sp³-hybridized carbons (Fsp3) is 0.310. The van der Waals surface area contributed by atoms with Crippen LogP contribution in [0.1, 0.15) is 40.4 Å². The Labute approximate surface area is 224 Å². The minimum Gasteiger partial charge on any atom is -0.490 e. The molecule has 0 unspecified atom stereocenters. The van der Waals surface area contributed by atoms with E-state index >= 15 is 0 Å². The first-order valence-electron chi connectivity index (χ1n) is 12.4. The highest BCUT2D eigenvalue weighted by Crippen LogP contribution is 2.37. The number of esters is 1. The largest absolute Gasteiger partial charge is 0.490 e. The summed E-state index contributed by atoms with van der Waals surface area (Å²) in [5.41, 5.74) is 0.703. The number of hydrogen-bond acceptors (Lipinski definition) is 6. The van der Waals surface area contributed by atoms with E-state index in [0.29, 0.717) is 23.4 Å². The number of fused-ring (bicyclic) bond motifs is 1. The van der Waals surface area contributed by atoms with Crippen molar-refractivity contribution in [3.05, 3.63) is 76.9 Å². The molecule has 206 valence electrons. The molecule has 0 fully saturated rings. The predicted octanol–water partition coefficient (Wildman–Crippen LogP) is 6.17. The molecular formula is C29H29F3N2O5. The summed E-state index contributed by atoms with van der Waals surface area (Å²) in [6, 6.07) is 13.9. The number of para-hydroxylation sites is 2. The van der Waals surface area contributed by atoms with Gasteiger partial charge < -0.3 is 24.4 Å². The lowest BCUT2D eigenvalue weighted by atomic mass is 10.0. The average molecular weight is 543 g/mol. The Morgan fingerprint density at radius 2 is 1.74 bits per heavy atom. The van der Waals surface area contributed by atoms with Crippen molar-refractivity contribution in [3.8, 4) is 17.2 Å². The first-order chi connectivity index (χ1) is 18.5. The van der Waals surface area contributed by atoms with Gasteiger partial charge in [0.05, 0.1) is 23.5 Å². The number of halogens is 3. The van der Waals surface area contributed by atoms with Crippen molar-refractivity contribution in [2.75, 3.05) is 30.4 Å². The number of anilines is 2. The molecule has 39 heavy (non-hydrogen) atoms. The third-order valence-electron chi connectivity index (χ3n) is 6.28. The molecule has 0 aliphatic carbocycles. The van der Waals surface area contributed by atoms with Gasteiger partial charge >= 0.3 is 12.1 Å². The lowest BCUT2D eigenvalue weighted by molar-refractivity contribution is -0.136. The molecule has 0 spiro atoms. The molecular weight excluding hydrogens is 513 g/mol. The number of aryl methyl sites for hydroxylation is 2. The topological polar surface area (TPSA) is 77.1 Å². The number of carbonyl (C=O) groups excluding carboxylic acids is 2. The molecule has 0 saturated heterocycles. The first kappa shape index (κ1) is 27.8. The molecule has 3 aromatic carbocycles. The maximum absolute atomic E-state index is 13.6.